The molecular weight excluding hydrogens is 252 g/mol. The maximum absolute atomic E-state index is 5.20. The van der Waals surface area contributed by atoms with E-state index >= 15 is 0 Å². The Morgan fingerprint density at radius 1 is 1.27 bits per heavy atom. The highest BCUT2D eigenvalue weighted by molar-refractivity contribution is 9.09. The SMILES string of the molecule is COCC(C)C(CBr)Cc1ccccc1. The molecule has 0 fully saturated rings. The van der Waals surface area contributed by atoms with Gasteiger partial charge < -0.3 is 4.74 Å². The lowest BCUT2D eigenvalue weighted by Gasteiger charge is -2.21. The Morgan fingerprint density at radius 2 is 1.93 bits per heavy atom. The van der Waals surface area contributed by atoms with Crippen LogP contribution in [0.3, 0.4) is 0 Å². The third-order valence-electron chi connectivity index (χ3n) is 2.77. The van der Waals surface area contributed by atoms with E-state index in [1.165, 1.54) is 5.56 Å². The van der Waals surface area contributed by atoms with E-state index in [-0.39, 0.29) is 0 Å². The van der Waals surface area contributed by atoms with E-state index in [0.29, 0.717) is 11.8 Å². The average molecular weight is 271 g/mol. The molecule has 0 saturated carbocycles. The molecule has 1 aromatic rings. The van der Waals surface area contributed by atoms with E-state index < -0.39 is 0 Å². The largest absolute Gasteiger partial charge is 0.384 e. The first-order chi connectivity index (χ1) is 7.27. The first kappa shape index (κ1) is 12.7. The van der Waals surface area contributed by atoms with Crippen molar-refractivity contribution in [3.63, 3.8) is 0 Å². The molecule has 0 N–H and O–H groups in total. The van der Waals surface area contributed by atoms with Gasteiger partial charge in [0.2, 0.25) is 0 Å². The Morgan fingerprint density at radius 3 is 2.47 bits per heavy atom. The monoisotopic (exact) mass is 270 g/mol. The summed E-state index contributed by atoms with van der Waals surface area (Å²) < 4.78 is 5.20. The molecule has 0 heterocycles. The Bertz CT molecular complexity index is 260. The minimum Gasteiger partial charge on any atom is -0.384 e. The zero-order valence-electron chi connectivity index (χ0n) is 9.45. The van der Waals surface area contributed by atoms with Crippen LogP contribution in [0.2, 0.25) is 0 Å². The zero-order valence-corrected chi connectivity index (χ0v) is 11.0. The molecule has 1 aromatic carbocycles. The van der Waals surface area contributed by atoms with Crippen LogP contribution in [0.5, 0.6) is 0 Å². The molecular formula is C13H19BrO. The first-order valence-corrected chi connectivity index (χ1v) is 6.49. The molecule has 2 heteroatoms. The fourth-order valence-corrected chi connectivity index (χ4v) is 2.59. The summed E-state index contributed by atoms with van der Waals surface area (Å²) in [5, 5.41) is 1.03. The van der Waals surface area contributed by atoms with Gasteiger partial charge in [0.1, 0.15) is 0 Å². The van der Waals surface area contributed by atoms with Crippen molar-refractivity contribution >= 4 is 15.9 Å². The van der Waals surface area contributed by atoms with Crippen molar-refractivity contribution in [1.82, 2.24) is 0 Å². The maximum Gasteiger partial charge on any atom is 0.0490 e. The van der Waals surface area contributed by atoms with Crippen LogP contribution >= 0.6 is 15.9 Å². The second-order valence-corrected chi connectivity index (χ2v) is 4.68. The summed E-state index contributed by atoms with van der Waals surface area (Å²) in [5.74, 6) is 1.24. The average Bonchev–Trinajstić information content (AvgIpc) is 2.27. The van der Waals surface area contributed by atoms with Gasteiger partial charge in [0, 0.05) is 19.0 Å². The van der Waals surface area contributed by atoms with Crippen molar-refractivity contribution in [2.45, 2.75) is 13.3 Å². The van der Waals surface area contributed by atoms with Gasteiger partial charge in [-0.1, -0.05) is 53.2 Å². The predicted molar refractivity (Wildman–Crippen MR) is 68.5 cm³/mol. The molecule has 1 nitrogen and oxygen atoms in total. The number of halogens is 1. The van der Waals surface area contributed by atoms with Gasteiger partial charge in [-0.15, -0.1) is 0 Å². The molecule has 0 radical (unpaired) electrons. The van der Waals surface area contributed by atoms with Crippen LogP contribution in [0.4, 0.5) is 0 Å². The number of rotatable bonds is 6. The summed E-state index contributed by atoms with van der Waals surface area (Å²) in [5.41, 5.74) is 1.41. The lowest BCUT2D eigenvalue weighted by Crippen LogP contribution is -2.20. The Balaban J connectivity index is 2.53. The van der Waals surface area contributed by atoms with Crippen LogP contribution in [0.15, 0.2) is 30.3 Å². The van der Waals surface area contributed by atoms with E-state index in [1.807, 2.05) is 0 Å². The third-order valence-corrected chi connectivity index (χ3v) is 3.60. The molecule has 0 saturated heterocycles. The summed E-state index contributed by atoms with van der Waals surface area (Å²) >= 11 is 3.59. The smallest absolute Gasteiger partial charge is 0.0490 e. The highest BCUT2D eigenvalue weighted by Gasteiger charge is 2.16. The molecule has 0 spiro atoms. The molecule has 2 unspecified atom stereocenters. The number of hydrogen-bond donors (Lipinski definition) is 0. The summed E-state index contributed by atoms with van der Waals surface area (Å²) in [4.78, 5) is 0. The molecule has 0 aliphatic rings. The van der Waals surface area contributed by atoms with Crippen LogP contribution in [0.1, 0.15) is 12.5 Å². The first-order valence-electron chi connectivity index (χ1n) is 5.36. The quantitative estimate of drug-likeness (QED) is 0.719. The van der Waals surface area contributed by atoms with E-state index in [1.54, 1.807) is 7.11 Å². The minimum absolute atomic E-state index is 0.592. The summed E-state index contributed by atoms with van der Waals surface area (Å²) in [6, 6.07) is 10.6. The maximum atomic E-state index is 5.20. The summed E-state index contributed by atoms with van der Waals surface area (Å²) in [6.07, 6.45) is 1.12. The number of ether oxygens (including phenoxy) is 1. The molecule has 84 valence electrons. The van der Waals surface area contributed by atoms with Crippen molar-refractivity contribution in [2.75, 3.05) is 19.0 Å². The number of benzene rings is 1. The summed E-state index contributed by atoms with van der Waals surface area (Å²) in [7, 11) is 1.77. The van der Waals surface area contributed by atoms with E-state index in [9.17, 15) is 0 Å². The van der Waals surface area contributed by atoms with Crippen LogP contribution in [-0.2, 0) is 11.2 Å². The topological polar surface area (TPSA) is 9.23 Å². The van der Waals surface area contributed by atoms with Crippen LogP contribution in [-0.4, -0.2) is 19.0 Å². The van der Waals surface area contributed by atoms with Crippen molar-refractivity contribution in [3.8, 4) is 0 Å². The van der Waals surface area contributed by atoms with E-state index in [4.69, 9.17) is 4.74 Å². The van der Waals surface area contributed by atoms with Crippen LogP contribution < -0.4 is 0 Å². The molecule has 0 aromatic heterocycles. The Labute approximate surface area is 101 Å². The van der Waals surface area contributed by atoms with Crippen LogP contribution in [0, 0.1) is 11.8 Å². The van der Waals surface area contributed by atoms with Gasteiger partial charge in [0.15, 0.2) is 0 Å². The van der Waals surface area contributed by atoms with Crippen molar-refractivity contribution in [2.24, 2.45) is 11.8 Å². The Hall–Kier alpha value is -0.340. The van der Waals surface area contributed by atoms with Gasteiger partial charge in [-0.2, -0.15) is 0 Å². The van der Waals surface area contributed by atoms with Gasteiger partial charge in [-0.05, 0) is 23.8 Å². The number of hydrogen-bond acceptors (Lipinski definition) is 1. The second kappa shape index (κ2) is 7.02. The van der Waals surface area contributed by atoms with Gasteiger partial charge in [-0.3, -0.25) is 0 Å². The predicted octanol–water partition coefficient (Wildman–Crippen LogP) is 3.52. The van der Waals surface area contributed by atoms with Gasteiger partial charge in [0.25, 0.3) is 0 Å². The van der Waals surface area contributed by atoms with Gasteiger partial charge >= 0.3 is 0 Å². The minimum atomic E-state index is 0.592. The standard InChI is InChI=1S/C13H19BrO/c1-11(10-15-2)13(9-14)8-12-6-4-3-5-7-12/h3-7,11,13H,8-10H2,1-2H3. The van der Waals surface area contributed by atoms with Crippen molar-refractivity contribution in [3.05, 3.63) is 35.9 Å². The van der Waals surface area contributed by atoms with Crippen LogP contribution in [0.25, 0.3) is 0 Å². The fraction of sp³-hybridized carbons (Fsp3) is 0.538. The molecule has 2 atom stereocenters. The van der Waals surface area contributed by atoms with Crippen molar-refractivity contribution < 1.29 is 4.74 Å². The molecule has 1 rings (SSSR count). The number of methoxy groups -OCH3 is 1. The number of alkyl halides is 1. The van der Waals surface area contributed by atoms with Crippen molar-refractivity contribution in [1.29, 1.82) is 0 Å². The second-order valence-electron chi connectivity index (χ2n) is 4.04. The third kappa shape index (κ3) is 4.35. The fourth-order valence-electron chi connectivity index (χ4n) is 1.72. The lowest BCUT2D eigenvalue weighted by molar-refractivity contribution is 0.135. The normalized spacial score (nSPS) is 14.9. The lowest BCUT2D eigenvalue weighted by atomic mass is 9.90. The molecule has 15 heavy (non-hydrogen) atoms. The highest BCUT2D eigenvalue weighted by Crippen LogP contribution is 2.20. The van der Waals surface area contributed by atoms with Gasteiger partial charge in [0.05, 0.1) is 0 Å². The molecule has 0 aliphatic carbocycles. The highest BCUT2D eigenvalue weighted by atomic mass is 79.9. The van der Waals surface area contributed by atoms with E-state index in [0.717, 1.165) is 18.4 Å². The van der Waals surface area contributed by atoms with E-state index in [2.05, 4.69) is 53.2 Å². The Kier molecular flexibility index (Phi) is 5.96. The zero-order chi connectivity index (χ0) is 11.1. The molecule has 0 amide bonds. The summed E-state index contributed by atoms with van der Waals surface area (Å²) in [6.45, 7) is 3.08. The van der Waals surface area contributed by atoms with Gasteiger partial charge in [-0.25, -0.2) is 0 Å². The molecule has 0 aliphatic heterocycles. The molecule has 0 bridgehead atoms.